The Morgan fingerprint density at radius 2 is 2.14 bits per heavy atom. The highest BCUT2D eigenvalue weighted by atomic mass is 16.5. The molecule has 1 aliphatic rings. The largest absolute Gasteiger partial charge is 0.394 e. The van der Waals surface area contributed by atoms with E-state index in [2.05, 4.69) is 5.32 Å². The normalized spacial score (nSPS) is 38.0. The lowest BCUT2D eigenvalue weighted by molar-refractivity contribution is -0.164. The minimum absolute atomic E-state index is 0.0863. The number of nitrogens with one attached hydrogen (secondary N) is 1. The summed E-state index contributed by atoms with van der Waals surface area (Å²) in [5.41, 5.74) is 0. The van der Waals surface area contributed by atoms with Crippen LogP contribution in [0.15, 0.2) is 0 Å². The van der Waals surface area contributed by atoms with Gasteiger partial charge >= 0.3 is 0 Å². The van der Waals surface area contributed by atoms with Crippen molar-refractivity contribution in [3.8, 4) is 0 Å². The van der Waals surface area contributed by atoms with Gasteiger partial charge in [-0.15, -0.1) is 0 Å². The van der Waals surface area contributed by atoms with Gasteiger partial charge in [0.1, 0.15) is 18.3 Å². The van der Waals surface area contributed by atoms with Crippen LogP contribution < -0.4 is 5.32 Å². The summed E-state index contributed by atoms with van der Waals surface area (Å²) < 4.78 is 5.05. The van der Waals surface area contributed by atoms with E-state index >= 15 is 0 Å². The van der Waals surface area contributed by atoms with Crippen molar-refractivity contribution in [1.29, 1.82) is 0 Å². The topological polar surface area (TPSA) is 99.0 Å². The van der Waals surface area contributed by atoms with Crippen LogP contribution in [0.1, 0.15) is 6.92 Å². The minimum Gasteiger partial charge on any atom is -0.394 e. The fourth-order valence-corrected chi connectivity index (χ4v) is 1.43. The molecule has 0 spiro atoms. The summed E-state index contributed by atoms with van der Waals surface area (Å²) in [7, 11) is 0. The van der Waals surface area contributed by atoms with Crippen LogP contribution in [-0.4, -0.2) is 58.8 Å². The van der Waals surface area contributed by atoms with Crippen LogP contribution in [0.3, 0.4) is 0 Å². The molecule has 0 aromatic carbocycles. The molecule has 0 saturated carbocycles. The van der Waals surface area contributed by atoms with Gasteiger partial charge in [0.2, 0.25) is 5.91 Å². The van der Waals surface area contributed by atoms with Crippen LogP contribution >= 0.6 is 0 Å². The van der Waals surface area contributed by atoms with Gasteiger partial charge < -0.3 is 25.4 Å². The van der Waals surface area contributed by atoms with Gasteiger partial charge in [-0.05, 0) is 0 Å². The number of amides is 1. The van der Waals surface area contributed by atoms with Gasteiger partial charge in [0.15, 0.2) is 0 Å². The lowest BCUT2D eigenvalue weighted by atomic mass is 9.98. The van der Waals surface area contributed by atoms with Gasteiger partial charge in [0.05, 0.1) is 19.3 Å². The van der Waals surface area contributed by atoms with Gasteiger partial charge in [-0.3, -0.25) is 4.79 Å². The van der Waals surface area contributed by atoms with E-state index in [9.17, 15) is 15.0 Å². The predicted molar refractivity (Wildman–Crippen MR) is 46.4 cm³/mol. The Kier molecular flexibility index (Phi) is 3.82. The van der Waals surface area contributed by atoms with Crippen LogP contribution in [0, 0.1) is 0 Å². The van der Waals surface area contributed by atoms with Crippen molar-refractivity contribution < 1.29 is 24.9 Å². The highest BCUT2D eigenvalue weighted by Crippen LogP contribution is 2.14. The molecule has 0 bridgehead atoms. The third-order valence-electron chi connectivity index (χ3n) is 2.20. The van der Waals surface area contributed by atoms with Gasteiger partial charge in [-0.1, -0.05) is 0 Å². The van der Waals surface area contributed by atoms with E-state index < -0.39 is 24.4 Å². The average molecular weight is 205 g/mol. The second-order valence-corrected chi connectivity index (χ2v) is 3.34. The first-order chi connectivity index (χ1) is 6.56. The summed E-state index contributed by atoms with van der Waals surface area (Å²) in [4.78, 5) is 10.7. The summed E-state index contributed by atoms with van der Waals surface area (Å²) in [5.74, 6) is -0.299. The van der Waals surface area contributed by atoms with E-state index in [1.807, 2.05) is 0 Å². The predicted octanol–water partition coefficient (Wildman–Crippen LogP) is -2.40. The number of hydrogen-bond donors (Lipinski definition) is 4. The smallest absolute Gasteiger partial charge is 0.217 e. The Morgan fingerprint density at radius 3 is 2.64 bits per heavy atom. The fourth-order valence-electron chi connectivity index (χ4n) is 1.43. The molecule has 1 fully saturated rings. The Bertz CT molecular complexity index is 210. The molecule has 1 aliphatic heterocycles. The highest BCUT2D eigenvalue weighted by Gasteiger charge is 2.38. The van der Waals surface area contributed by atoms with E-state index in [0.717, 1.165) is 0 Å². The molecule has 0 aliphatic carbocycles. The van der Waals surface area contributed by atoms with Gasteiger partial charge in [0, 0.05) is 6.92 Å². The first kappa shape index (κ1) is 11.4. The number of carbonyl (C=O) groups is 1. The SMILES string of the molecule is CC(=O)NC1CO[C@H](CO)[C@H](O)[C@@H]1O. The molecule has 1 rings (SSSR count). The van der Waals surface area contributed by atoms with Crippen LogP contribution in [0.4, 0.5) is 0 Å². The molecule has 82 valence electrons. The quantitative estimate of drug-likeness (QED) is 0.403. The number of hydrogen-bond acceptors (Lipinski definition) is 5. The summed E-state index contributed by atoms with van der Waals surface area (Å²) in [5, 5.41) is 30.2. The van der Waals surface area contributed by atoms with E-state index in [1.54, 1.807) is 0 Å². The molecular weight excluding hydrogens is 190 g/mol. The molecule has 1 heterocycles. The van der Waals surface area contributed by atoms with Crippen molar-refractivity contribution in [3.63, 3.8) is 0 Å². The van der Waals surface area contributed by atoms with Gasteiger partial charge in [-0.25, -0.2) is 0 Å². The lowest BCUT2D eigenvalue weighted by Gasteiger charge is -2.36. The maximum Gasteiger partial charge on any atom is 0.217 e. The molecule has 0 aromatic heterocycles. The number of rotatable bonds is 2. The molecule has 6 nitrogen and oxygen atoms in total. The first-order valence-electron chi connectivity index (χ1n) is 4.42. The Labute approximate surface area is 81.5 Å². The minimum atomic E-state index is -1.18. The maximum atomic E-state index is 10.7. The molecule has 0 radical (unpaired) electrons. The van der Waals surface area contributed by atoms with E-state index in [0.29, 0.717) is 0 Å². The Morgan fingerprint density at radius 1 is 1.50 bits per heavy atom. The second-order valence-electron chi connectivity index (χ2n) is 3.34. The van der Waals surface area contributed by atoms with Gasteiger partial charge in [-0.2, -0.15) is 0 Å². The van der Waals surface area contributed by atoms with Crippen LogP contribution in [0.5, 0.6) is 0 Å². The first-order valence-corrected chi connectivity index (χ1v) is 4.42. The van der Waals surface area contributed by atoms with E-state index in [4.69, 9.17) is 9.84 Å². The van der Waals surface area contributed by atoms with Crippen molar-refractivity contribution >= 4 is 5.91 Å². The molecule has 6 heteroatoms. The maximum absolute atomic E-state index is 10.7. The fraction of sp³-hybridized carbons (Fsp3) is 0.875. The van der Waals surface area contributed by atoms with Gasteiger partial charge in [0.25, 0.3) is 0 Å². The average Bonchev–Trinajstić information content (AvgIpc) is 2.13. The molecular formula is C8H15NO5. The standard InChI is InChI=1S/C8H15NO5/c1-4(11)9-5-3-14-6(2-10)8(13)7(5)12/h5-8,10,12-13H,2-3H2,1H3,(H,9,11)/t5?,6-,7-,8+/m1/s1. The summed E-state index contributed by atoms with van der Waals surface area (Å²) in [6, 6.07) is -0.620. The zero-order valence-electron chi connectivity index (χ0n) is 7.88. The van der Waals surface area contributed by atoms with E-state index in [1.165, 1.54) is 6.92 Å². The second kappa shape index (κ2) is 4.70. The molecule has 4 N–H and O–H groups in total. The Balaban J connectivity index is 2.54. The zero-order valence-corrected chi connectivity index (χ0v) is 7.88. The van der Waals surface area contributed by atoms with Crippen molar-refractivity contribution in [3.05, 3.63) is 0 Å². The molecule has 1 amide bonds. The number of ether oxygens (including phenoxy) is 1. The number of aliphatic hydroxyl groups is 3. The number of carbonyl (C=O) groups excluding carboxylic acids is 1. The van der Waals surface area contributed by atoms with Crippen LogP contribution in [0.25, 0.3) is 0 Å². The summed E-state index contributed by atoms with van der Waals surface area (Å²) >= 11 is 0. The molecule has 1 saturated heterocycles. The van der Waals surface area contributed by atoms with Crippen molar-refractivity contribution in [1.82, 2.24) is 5.32 Å². The van der Waals surface area contributed by atoms with Crippen molar-refractivity contribution in [2.24, 2.45) is 0 Å². The van der Waals surface area contributed by atoms with Crippen LogP contribution in [-0.2, 0) is 9.53 Å². The monoisotopic (exact) mass is 205 g/mol. The zero-order chi connectivity index (χ0) is 10.7. The number of aliphatic hydroxyl groups excluding tert-OH is 3. The van der Waals surface area contributed by atoms with E-state index in [-0.39, 0.29) is 19.1 Å². The Hall–Kier alpha value is -0.690. The van der Waals surface area contributed by atoms with Crippen LogP contribution in [0.2, 0.25) is 0 Å². The third-order valence-corrected chi connectivity index (χ3v) is 2.20. The summed E-state index contributed by atoms with van der Waals surface area (Å²) in [6.45, 7) is 1.05. The highest BCUT2D eigenvalue weighted by molar-refractivity contribution is 5.73. The van der Waals surface area contributed by atoms with Crippen molar-refractivity contribution in [2.45, 2.75) is 31.3 Å². The molecule has 1 unspecified atom stereocenters. The third kappa shape index (κ3) is 2.42. The lowest BCUT2D eigenvalue weighted by Crippen LogP contribution is -2.59. The molecule has 4 atom stereocenters. The molecule has 14 heavy (non-hydrogen) atoms. The van der Waals surface area contributed by atoms with Crippen molar-refractivity contribution in [2.75, 3.05) is 13.2 Å². The molecule has 0 aromatic rings. The summed E-state index contributed by atoms with van der Waals surface area (Å²) in [6.07, 6.45) is -3.06.